The van der Waals surface area contributed by atoms with Gasteiger partial charge in [-0.1, -0.05) is 18.2 Å². The van der Waals surface area contributed by atoms with Gasteiger partial charge in [0.05, 0.1) is 11.4 Å². The number of alkyl halides is 3. The van der Waals surface area contributed by atoms with Gasteiger partial charge in [0.2, 0.25) is 5.95 Å². The van der Waals surface area contributed by atoms with Crippen LogP contribution in [-0.4, -0.2) is 21.9 Å². The molecule has 0 aliphatic rings. The van der Waals surface area contributed by atoms with Crippen molar-refractivity contribution in [3.8, 4) is 23.1 Å². The fourth-order valence-electron chi connectivity index (χ4n) is 2.78. The fraction of sp³-hybridized carbons (Fsp3) is 0.227. The highest BCUT2D eigenvalue weighted by molar-refractivity contribution is 5.70. The Morgan fingerprint density at radius 2 is 1.72 bits per heavy atom. The Morgan fingerprint density at radius 3 is 2.38 bits per heavy atom. The van der Waals surface area contributed by atoms with E-state index in [1.165, 1.54) is 36.4 Å². The minimum absolute atomic E-state index is 0.188. The van der Waals surface area contributed by atoms with Gasteiger partial charge in [-0.05, 0) is 45.0 Å². The molecule has 2 aromatic carbocycles. The van der Waals surface area contributed by atoms with Crippen LogP contribution in [0, 0.1) is 17.1 Å². The molecule has 0 aliphatic heterocycles. The SMILES string of the molecule is CC(C)(C)Nc1nc(Nc2cccc(F)c2C#N)cc(-c2cccc(OC(F)(F)F)c2)n1. The number of aromatic nitrogens is 2. The predicted molar refractivity (Wildman–Crippen MR) is 112 cm³/mol. The number of nitrogens with one attached hydrogen (secondary N) is 2. The summed E-state index contributed by atoms with van der Waals surface area (Å²) in [5.41, 5.74) is 0.200. The summed E-state index contributed by atoms with van der Waals surface area (Å²) in [4.78, 5) is 8.74. The standard InChI is InChI=1S/C22H19F4N5O/c1-21(2,3)31-20-29-18(13-6-4-7-14(10-13)32-22(24,25)26)11-19(30-20)28-17-9-5-8-16(23)15(17)12-27/h4-11H,1-3H3,(H2,28,29,30,31). The van der Waals surface area contributed by atoms with Crippen LogP contribution in [0.25, 0.3) is 11.3 Å². The van der Waals surface area contributed by atoms with Crippen molar-refractivity contribution in [1.82, 2.24) is 9.97 Å². The van der Waals surface area contributed by atoms with Crippen LogP contribution in [0.2, 0.25) is 0 Å². The molecule has 6 nitrogen and oxygen atoms in total. The smallest absolute Gasteiger partial charge is 0.406 e. The highest BCUT2D eigenvalue weighted by Gasteiger charge is 2.31. The molecule has 166 valence electrons. The first kappa shape index (κ1) is 22.8. The summed E-state index contributed by atoms with van der Waals surface area (Å²) in [5.74, 6) is -0.692. The summed E-state index contributed by atoms with van der Waals surface area (Å²) in [6.45, 7) is 5.65. The normalized spacial score (nSPS) is 11.6. The van der Waals surface area contributed by atoms with E-state index in [0.29, 0.717) is 5.56 Å². The van der Waals surface area contributed by atoms with Crippen molar-refractivity contribution in [2.45, 2.75) is 32.7 Å². The van der Waals surface area contributed by atoms with Gasteiger partial charge in [-0.25, -0.2) is 9.37 Å². The number of rotatable bonds is 5. The Kier molecular flexibility index (Phi) is 6.20. The first-order valence-corrected chi connectivity index (χ1v) is 9.42. The highest BCUT2D eigenvalue weighted by atomic mass is 19.4. The van der Waals surface area contributed by atoms with Gasteiger partial charge in [-0.3, -0.25) is 0 Å². The molecular weight excluding hydrogens is 426 g/mol. The molecular formula is C22H19F4N5O. The molecule has 3 aromatic rings. The summed E-state index contributed by atoms with van der Waals surface area (Å²) < 4.78 is 55.8. The lowest BCUT2D eigenvalue weighted by molar-refractivity contribution is -0.274. The van der Waals surface area contributed by atoms with Crippen molar-refractivity contribution in [3.05, 3.63) is 59.9 Å². The largest absolute Gasteiger partial charge is 0.573 e. The van der Waals surface area contributed by atoms with Crippen molar-refractivity contribution in [2.24, 2.45) is 0 Å². The second-order valence-corrected chi connectivity index (χ2v) is 7.81. The van der Waals surface area contributed by atoms with Crippen molar-refractivity contribution < 1.29 is 22.3 Å². The van der Waals surface area contributed by atoms with E-state index in [1.807, 2.05) is 20.8 Å². The Morgan fingerprint density at radius 1 is 1.00 bits per heavy atom. The lowest BCUT2D eigenvalue weighted by atomic mass is 10.1. The van der Waals surface area contributed by atoms with E-state index in [0.717, 1.165) is 6.07 Å². The van der Waals surface area contributed by atoms with Gasteiger partial charge in [-0.2, -0.15) is 10.2 Å². The molecule has 0 atom stereocenters. The van der Waals surface area contributed by atoms with E-state index in [4.69, 9.17) is 0 Å². The molecule has 3 rings (SSSR count). The minimum atomic E-state index is -4.83. The molecule has 32 heavy (non-hydrogen) atoms. The van der Waals surface area contributed by atoms with Gasteiger partial charge < -0.3 is 15.4 Å². The summed E-state index contributed by atoms with van der Waals surface area (Å²) in [6, 6.07) is 12.7. The van der Waals surface area contributed by atoms with E-state index in [9.17, 15) is 22.8 Å². The zero-order chi connectivity index (χ0) is 23.5. The third-order valence-electron chi connectivity index (χ3n) is 3.96. The fourth-order valence-corrected chi connectivity index (χ4v) is 2.78. The van der Waals surface area contributed by atoms with Crippen LogP contribution >= 0.6 is 0 Å². The van der Waals surface area contributed by atoms with Crippen LogP contribution in [0.1, 0.15) is 26.3 Å². The summed E-state index contributed by atoms with van der Waals surface area (Å²) in [5, 5.41) is 15.2. The Bertz CT molecular complexity index is 1170. The molecule has 0 unspecified atom stereocenters. The Labute approximate surface area is 181 Å². The maximum atomic E-state index is 14.0. The van der Waals surface area contributed by atoms with Crippen LogP contribution in [0.15, 0.2) is 48.5 Å². The molecule has 0 aliphatic carbocycles. The highest BCUT2D eigenvalue weighted by Crippen LogP contribution is 2.30. The molecule has 0 fully saturated rings. The lowest BCUT2D eigenvalue weighted by Crippen LogP contribution is -2.27. The molecule has 0 radical (unpaired) electrons. The van der Waals surface area contributed by atoms with E-state index in [-0.39, 0.29) is 28.7 Å². The molecule has 0 amide bonds. The van der Waals surface area contributed by atoms with Crippen LogP contribution in [0.4, 0.5) is 35.0 Å². The number of halogens is 4. The molecule has 0 saturated heterocycles. The topological polar surface area (TPSA) is 82.9 Å². The van der Waals surface area contributed by atoms with Gasteiger partial charge in [0.1, 0.15) is 29.0 Å². The Hall–Kier alpha value is -3.87. The van der Waals surface area contributed by atoms with Crippen molar-refractivity contribution in [3.63, 3.8) is 0 Å². The van der Waals surface area contributed by atoms with Crippen molar-refractivity contribution in [1.29, 1.82) is 5.26 Å². The molecule has 2 N–H and O–H groups in total. The van der Waals surface area contributed by atoms with Gasteiger partial charge in [0.15, 0.2) is 0 Å². The number of anilines is 3. The second kappa shape index (κ2) is 8.70. The number of ether oxygens (including phenoxy) is 1. The summed E-state index contributed by atoms with van der Waals surface area (Å²) in [6.07, 6.45) is -4.83. The third-order valence-corrected chi connectivity index (χ3v) is 3.96. The van der Waals surface area contributed by atoms with Gasteiger partial charge in [0, 0.05) is 17.2 Å². The van der Waals surface area contributed by atoms with Crippen molar-refractivity contribution in [2.75, 3.05) is 10.6 Å². The second-order valence-electron chi connectivity index (χ2n) is 7.81. The Balaban J connectivity index is 2.06. The summed E-state index contributed by atoms with van der Waals surface area (Å²) >= 11 is 0. The predicted octanol–water partition coefficient (Wildman–Crippen LogP) is 6.01. The van der Waals surface area contributed by atoms with Crippen LogP contribution < -0.4 is 15.4 Å². The maximum Gasteiger partial charge on any atom is 0.573 e. The average molecular weight is 445 g/mol. The first-order chi connectivity index (χ1) is 14.9. The lowest BCUT2D eigenvalue weighted by Gasteiger charge is -2.21. The minimum Gasteiger partial charge on any atom is -0.406 e. The monoisotopic (exact) mass is 445 g/mol. The first-order valence-electron chi connectivity index (χ1n) is 9.42. The molecule has 10 heteroatoms. The molecule has 1 heterocycles. The third kappa shape index (κ3) is 6.07. The van der Waals surface area contributed by atoms with E-state index in [1.54, 1.807) is 12.1 Å². The van der Waals surface area contributed by atoms with E-state index in [2.05, 4.69) is 25.3 Å². The number of benzene rings is 2. The van der Waals surface area contributed by atoms with Crippen LogP contribution in [0.3, 0.4) is 0 Å². The van der Waals surface area contributed by atoms with Crippen LogP contribution in [0.5, 0.6) is 5.75 Å². The molecule has 0 bridgehead atoms. The number of nitriles is 1. The van der Waals surface area contributed by atoms with Crippen LogP contribution in [-0.2, 0) is 0 Å². The molecule has 0 spiro atoms. The number of hydrogen-bond acceptors (Lipinski definition) is 6. The van der Waals surface area contributed by atoms with E-state index >= 15 is 0 Å². The summed E-state index contributed by atoms with van der Waals surface area (Å²) in [7, 11) is 0. The molecule has 1 aromatic heterocycles. The maximum absolute atomic E-state index is 14.0. The molecule has 0 saturated carbocycles. The van der Waals surface area contributed by atoms with E-state index < -0.39 is 23.5 Å². The zero-order valence-electron chi connectivity index (χ0n) is 17.4. The van der Waals surface area contributed by atoms with Gasteiger partial charge in [0.25, 0.3) is 0 Å². The van der Waals surface area contributed by atoms with Gasteiger partial charge in [-0.15, -0.1) is 13.2 Å². The zero-order valence-corrected chi connectivity index (χ0v) is 17.4. The number of hydrogen-bond donors (Lipinski definition) is 2. The average Bonchev–Trinajstić information content (AvgIpc) is 2.65. The van der Waals surface area contributed by atoms with Crippen molar-refractivity contribution >= 4 is 17.5 Å². The quantitative estimate of drug-likeness (QED) is 0.468. The van der Waals surface area contributed by atoms with Gasteiger partial charge >= 0.3 is 6.36 Å². The number of nitrogens with zero attached hydrogens (tertiary/aromatic N) is 3.